The number of benzene rings is 1. The van der Waals surface area contributed by atoms with E-state index < -0.39 is 11.4 Å². The molecule has 2 N–H and O–H groups in total. The molecule has 6 heteroatoms. The Morgan fingerprint density at radius 1 is 1.38 bits per heavy atom. The maximum Gasteiger partial charge on any atom is 0.312 e. The smallest absolute Gasteiger partial charge is 0.312 e. The molecule has 0 aliphatic carbocycles. The third-order valence-electron chi connectivity index (χ3n) is 3.29. The van der Waals surface area contributed by atoms with Crippen LogP contribution in [0.15, 0.2) is 12.1 Å². The van der Waals surface area contributed by atoms with E-state index in [1.165, 1.54) is 0 Å². The minimum absolute atomic E-state index is 0.0844. The van der Waals surface area contributed by atoms with Gasteiger partial charge in [-0.3, -0.25) is 4.79 Å². The Morgan fingerprint density at radius 3 is 2.67 bits per heavy atom. The molecule has 1 aromatic carbocycles. The third-order valence-corrected chi connectivity index (χ3v) is 3.29. The Labute approximate surface area is 124 Å². The summed E-state index contributed by atoms with van der Waals surface area (Å²) in [4.78, 5) is 11.1. The van der Waals surface area contributed by atoms with E-state index in [4.69, 9.17) is 19.3 Å². The first-order valence-electron chi connectivity index (χ1n) is 6.93. The minimum atomic E-state index is -0.953. The first-order chi connectivity index (χ1) is 9.94. The minimum Gasteiger partial charge on any atom is -0.492 e. The van der Waals surface area contributed by atoms with Gasteiger partial charge in [-0.2, -0.15) is 0 Å². The van der Waals surface area contributed by atoms with E-state index in [-0.39, 0.29) is 13.4 Å². The van der Waals surface area contributed by atoms with Crippen LogP contribution >= 0.6 is 0 Å². The second-order valence-electron chi connectivity index (χ2n) is 5.57. The van der Waals surface area contributed by atoms with Gasteiger partial charge in [0.2, 0.25) is 6.79 Å². The van der Waals surface area contributed by atoms with Crippen molar-refractivity contribution in [2.75, 3.05) is 19.9 Å². The van der Waals surface area contributed by atoms with Gasteiger partial charge in [0.25, 0.3) is 0 Å². The molecule has 1 aromatic rings. The lowest BCUT2D eigenvalue weighted by atomic mass is 9.95. The van der Waals surface area contributed by atoms with Gasteiger partial charge in [-0.15, -0.1) is 0 Å². The molecular formula is C15H21NO5. The van der Waals surface area contributed by atoms with Crippen molar-refractivity contribution < 1.29 is 24.1 Å². The van der Waals surface area contributed by atoms with Gasteiger partial charge in [0.05, 0.1) is 5.41 Å². The predicted octanol–water partition coefficient (Wildman–Crippen LogP) is 2.01. The van der Waals surface area contributed by atoms with Gasteiger partial charge in [0, 0.05) is 18.2 Å². The fourth-order valence-electron chi connectivity index (χ4n) is 1.82. The lowest BCUT2D eigenvalue weighted by Gasteiger charge is -2.21. The zero-order valence-electron chi connectivity index (χ0n) is 12.6. The Balaban J connectivity index is 2.18. The zero-order chi connectivity index (χ0) is 15.5. The van der Waals surface area contributed by atoms with Crippen molar-refractivity contribution in [3.63, 3.8) is 0 Å². The summed E-state index contributed by atoms with van der Waals surface area (Å²) in [5, 5.41) is 12.4. The summed E-state index contributed by atoms with van der Waals surface area (Å²) in [5.41, 5.74) is -0.0338. The normalized spacial score (nSPS) is 13.3. The standard InChI is InChI=1S/C15H21NO5/c1-4-16-7-10-5-12-13(21-9-20-12)6-11(10)19-8-15(2,3)14(17)18/h5-6,16H,4,7-9H2,1-3H3,(H,17,18). The van der Waals surface area contributed by atoms with Crippen LogP contribution < -0.4 is 19.5 Å². The van der Waals surface area contributed by atoms with Crippen LogP contribution in [0.4, 0.5) is 0 Å². The van der Waals surface area contributed by atoms with E-state index in [9.17, 15) is 4.79 Å². The van der Waals surface area contributed by atoms with E-state index in [0.717, 1.165) is 12.1 Å². The molecule has 21 heavy (non-hydrogen) atoms. The maximum atomic E-state index is 11.1. The molecule has 1 heterocycles. The van der Waals surface area contributed by atoms with E-state index in [2.05, 4.69) is 5.32 Å². The first kappa shape index (κ1) is 15.4. The maximum absolute atomic E-state index is 11.1. The number of aliphatic carboxylic acids is 1. The molecule has 0 spiro atoms. The van der Waals surface area contributed by atoms with Gasteiger partial charge >= 0.3 is 5.97 Å². The van der Waals surface area contributed by atoms with Gasteiger partial charge in [0.15, 0.2) is 11.5 Å². The number of rotatable bonds is 7. The number of nitrogens with one attached hydrogen (secondary N) is 1. The molecule has 116 valence electrons. The first-order valence-corrected chi connectivity index (χ1v) is 6.93. The predicted molar refractivity (Wildman–Crippen MR) is 76.9 cm³/mol. The third kappa shape index (κ3) is 3.58. The Hall–Kier alpha value is -1.95. The van der Waals surface area contributed by atoms with Crippen molar-refractivity contribution >= 4 is 5.97 Å². The summed E-state index contributed by atoms with van der Waals surface area (Å²) in [5.74, 6) is 1.04. The number of ether oxygens (including phenoxy) is 3. The summed E-state index contributed by atoms with van der Waals surface area (Å²) in [6, 6.07) is 3.63. The second kappa shape index (κ2) is 6.22. The van der Waals surface area contributed by atoms with E-state index >= 15 is 0 Å². The molecule has 6 nitrogen and oxygen atoms in total. The van der Waals surface area contributed by atoms with Crippen molar-refractivity contribution in [1.82, 2.24) is 5.32 Å². The monoisotopic (exact) mass is 295 g/mol. The molecule has 0 saturated heterocycles. The van der Waals surface area contributed by atoms with E-state index in [1.807, 2.05) is 13.0 Å². The van der Waals surface area contributed by atoms with Gasteiger partial charge in [-0.1, -0.05) is 6.92 Å². The Morgan fingerprint density at radius 2 is 2.05 bits per heavy atom. The number of carbonyl (C=O) groups is 1. The number of hydrogen-bond donors (Lipinski definition) is 2. The van der Waals surface area contributed by atoms with Crippen LogP contribution in [0.5, 0.6) is 17.2 Å². The number of fused-ring (bicyclic) bond motifs is 1. The zero-order valence-corrected chi connectivity index (χ0v) is 12.6. The van der Waals surface area contributed by atoms with E-state index in [1.54, 1.807) is 19.9 Å². The van der Waals surface area contributed by atoms with Crippen molar-refractivity contribution in [3.8, 4) is 17.2 Å². The number of hydrogen-bond acceptors (Lipinski definition) is 5. The average Bonchev–Trinajstić information content (AvgIpc) is 2.89. The quantitative estimate of drug-likeness (QED) is 0.801. The summed E-state index contributed by atoms with van der Waals surface area (Å²) in [7, 11) is 0. The molecule has 0 amide bonds. The highest BCUT2D eigenvalue weighted by Crippen LogP contribution is 2.38. The van der Waals surface area contributed by atoms with Gasteiger partial charge in [-0.05, 0) is 26.5 Å². The molecule has 1 aliphatic heterocycles. The Kier molecular flexibility index (Phi) is 4.57. The van der Waals surface area contributed by atoms with Crippen molar-refractivity contribution in [2.45, 2.75) is 27.3 Å². The highest BCUT2D eigenvalue weighted by atomic mass is 16.7. The summed E-state index contributed by atoms with van der Waals surface area (Å²) < 4.78 is 16.4. The van der Waals surface area contributed by atoms with Gasteiger partial charge in [0.1, 0.15) is 12.4 Å². The molecule has 0 fully saturated rings. The van der Waals surface area contributed by atoms with Crippen molar-refractivity contribution in [3.05, 3.63) is 17.7 Å². The topological polar surface area (TPSA) is 77.0 Å². The van der Waals surface area contributed by atoms with Gasteiger partial charge < -0.3 is 24.6 Å². The number of carboxylic acid groups (broad SMARTS) is 1. The van der Waals surface area contributed by atoms with Crippen LogP contribution in [0, 0.1) is 5.41 Å². The van der Waals surface area contributed by atoms with Crippen molar-refractivity contribution in [2.24, 2.45) is 5.41 Å². The molecule has 0 unspecified atom stereocenters. The lowest BCUT2D eigenvalue weighted by molar-refractivity contribution is -0.148. The summed E-state index contributed by atoms with van der Waals surface area (Å²) in [6.45, 7) is 7.01. The van der Waals surface area contributed by atoms with Crippen LogP contribution in [0.25, 0.3) is 0 Å². The lowest BCUT2D eigenvalue weighted by Crippen LogP contribution is -2.31. The van der Waals surface area contributed by atoms with E-state index in [0.29, 0.717) is 23.8 Å². The summed E-state index contributed by atoms with van der Waals surface area (Å²) in [6.07, 6.45) is 0. The fourth-order valence-corrected chi connectivity index (χ4v) is 1.82. The molecule has 0 saturated carbocycles. The largest absolute Gasteiger partial charge is 0.492 e. The van der Waals surface area contributed by atoms with Crippen LogP contribution in [0.3, 0.4) is 0 Å². The highest BCUT2D eigenvalue weighted by molar-refractivity contribution is 5.73. The molecular weight excluding hydrogens is 274 g/mol. The van der Waals surface area contributed by atoms with Crippen LogP contribution in [0.1, 0.15) is 26.3 Å². The molecule has 1 aliphatic rings. The molecule has 0 atom stereocenters. The SMILES string of the molecule is CCNCc1cc2c(cc1OCC(C)(C)C(=O)O)OCO2. The highest BCUT2D eigenvalue weighted by Gasteiger charge is 2.29. The van der Waals surface area contributed by atoms with Crippen LogP contribution in [0.2, 0.25) is 0 Å². The Bertz CT molecular complexity index is 527. The van der Waals surface area contributed by atoms with Crippen molar-refractivity contribution in [1.29, 1.82) is 0 Å². The molecule has 0 bridgehead atoms. The average molecular weight is 295 g/mol. The summed E-state index contributed by atoms with van der Waals surface area (Å²) >= 11 is 0. The fraction of sp³-hybridized carbons (Fsp3) is 0.533. The second-order valence-corrected chi connectivity index (χ2v) is 5.57. The number of carboxylic acids is 1. The van der Waals surface area contributed by atoms with Crippen LogP contribution in [-0.4, -0.2) is 31.0 Å². The van der Waals surface area contributed by atoms with Gasteiger partial charge in [-0.25, -0.2) is 0 Å². The molecule has 2 rings (SSSR count). The molecule has 0 aromatic heterocycles. The molecule has 0 radical (unpaired) electrons. The van der Waals surface area contributed by atoms with Crippen LogP contribution in [-0.2, 0) is 11.3 Å².